The highest BCUT2D eigenvalue weighted by Crippen LogP contribution is 2.35. The summed E-state index contributed by atoms with van der Waals surface area (Å²) >= 11 is 7.58. The Morgan fingerprint density at radius 3 is 2.62 bits per heavy atom. The van der Waals surface area contributed by atoms with Crippen LogP contribution in [0.5, 0.6) is 0 Å². The summed E-state index contributed by atoms with van der Waals surface area (Å²) in [5, 5.41) is 15.9. The fourth-order valence-electron chi connectivity index (χ4n) is 2.69. The van der Waals surface area contributed by atoms with Crippen molar-refractivity contribution in [2.24, 2.45) is 5.10 Å². The summed E-state index contributed by atoms with van der Waals surface area (Å²) < 4.78 is 6.56. The number of nitro groups is 1. The van der Waals surface area contributed by atoms with Gasteiger partial charge in [-0.25, -0.2) is 5.43 Å². The third-order valence-corrected chi connectivity index (χ3v) is 5.76. The molecule has 0 aliphatic heterocycles. The predicted octanol–water partition coefficient (Wildman–Crippen LogP) is 5.49. The van der Waals surface area contributed by atoms with E-state index in [0.717, 1.165) is 10.1 Å². The third-order valence-electron chi connectivity index (χ3n) is 4.09. The van der Waals surface area contributed by atoms with Crippen molar-refractivity contribution in [3.8, 4) is 11.3 Å². The topological polar surface area (TPSA) is 97.7 Å². The van der Waals surface area contributed by atoms with Gasteiger partial charge in [0.05, 0.1) is 16.2 Å². The Balaban J connectivity index is 1.45. The average molecular weight is 426 g/mol. The Labute approximate surface area is 173 Å². The number of hydrogen-bond acceptors (Lipinski definition) is 6. The first kappa shape index (κ1) is 18.9. The Hall–Kier alpha value is -3.49. The standard InChI is InChI=1S/C20H12ClN3O4S/c21-18-15-3-1-2-4-17(15)29-19(18)20(25)23-22-11-14-9-10-16(28-14)12-5-7-13(8-6-12)24(26)27/h1-11H,(H,23,25)/b22-11+. The van der Waals surface area contributed by atoms with Crippen LogP contribution in [0, 0.1) is 10.1 Å². The molecule has 0 atom stereocenters. The number of thiophene rings is 1. The Morgan fingerprint density at radius 1 is 1.14 bits per heavy atom. The normalized spacial score (nSPS) is 11.2. The molecule has 2 heterocycles. The monoisotopic (exact) mass is 425 g/mol. The molecule has 2 aromatic heterocycles. The van der Waals surface area contributed by atoms with E-state index in [0.29, 0.717) is 27.0 Å². The van der Waals surface area contributed by atoms with Crippen LogP contribution >= 0.6 is 22.9 Å². The second-order valence-corrected chi connectivity index (χ2v) is 7.38. The molecule has 1 amide bonds. The smallest absolute Gasteiger partial charge is 0.283 e. The van der Waals surface area contributed by atoms with Crippen molar-refractivity contribution in [2.75, 3.05) is 0 Å². The highest BCUT2D eigenvalue weighted by Gasteiger charge is 2.16. The van der Waals surface area contributed by atoms with E-state index in [9.17, 15) is 14.9 Å². The number of halogens is 1. The van der Waals surface area contributed by atoms with Gasteiger partial charge in [-0.3, -0.25) is 14.9 Å². The van der Waals surface area contributed by atoms with Crippen LogP contribution in [0.15, 0.2) is 70.2 Å². The van der Waals surface area contributed by atoms with Crippen LogP contribution in [0.2, 0.25) is 5.02 Å². The van der Waals surface area contributed by atoms with Crippen LogP contribution in [0.25, 0.3) is 21.4 Å². The van der Waals surface area contributed by atoms with Crippen LogP contribution in [-0.4, -0.2) is 17.0 Å². The maximum atomic E-state index is 12.4. The lowest BCUT2D eigenvalue weighted by Gasteiger charge is -1.97. The summed E-state index contributed by atoms with van der Waals surface area (Å²) in [7, 11) is 0. The fraction of sp³-hybridized carbons (Fsp3) is 0. The second kappa shape index (κ2) is 7.86. The largest absolute Gasteiger partial charge is 0.455 e. The molecular formula is C20H12ClN3O4S. The first-order valence-corrected chi connectivity index (χ1v) is 9.57. The number of furan rings is 1. The van der Waals surface area contributed by atoms with Crippen LogP contribution < -0.4 is 5.43 Å². The van der Waals surface area contributed by atoms with E-state index in [1.165, 1.54) is 29.7 Å². The fourth-order valence-corrected chi connectivity index (χ4v) is 4.10. The van der Waals surface area contributed by atoms with Crippen molar-refractivity contribution in [2.45, 2.75) is 0 Å². The van der Waals surface area contributed by atoms with Crippen molar-refractivity contribution in [1.29, 1.82) is 0 Å². The first-order valence-electron chi connectivity index (χ1n) is 8.38. The van der Waals surface area contributed by atoms with Gasteiger partial charge in [-0.1, -0.05) is 29.8 Å². The summed E-state index contributed by atoms with van der Waals surface area (Å²) in [5.41, 5.74) is 3.14. The van der Waals surface area contributed by atoms with E-state index in [1.807, 2.05) is 24.3 Å². The number of fused-ring (bicyclic) bond motifs is 1. The van der Waals surface area contributed by atoms with Gasteiger partial charge in [0.2, 0.25) is 0 Å². The molecule has 144 valence electrons. The number of hydrogen-bond donors (Lipinski definition) is 1. The molecule has 0 aliphatic rings. The molecule has 0 spiro atoms. The quantitative estimate of drug-likeness (QED) is 0.260. The number of rotatable bonds is 5. The minimum absolute atomic E-state index is 0.00435. The van der Waals surface area contributed by atoms with E-state index in [2.05, 4.69) is 10.5 Å². The molecule has 0 bridgehead atoms. The van der Waals surface area contributed by atoms with Crippen LogP contribution in [-0.2, 0) is 0 Å². The molecule has 0 radical (unpaired) electrons. The van der Waals surface area contributed by atoms with Gasteiger partial charge in [-0.05, 0) is 30.3 Å². The van der Waals surface area contributed by atoms with Gasteiger partial charge in [-0.15, -0.1) is 11.3 Å². The van der Waals surface area contributed by atoms with Crippen molar-refractivity contribution in [3.05, 3.63) is 86.4 Å². The lowest BCUT2D eigenvalue weighted by molar-refractivity contribution is -0.384. The van der Waals surface area contributed by atoms with Gasteiger partial charge in [0.25, 0.3) is 11.6 Å². The van der Waals surface area contributed by atoms with Crippen LogP contribution in [0.3, 0.4) is 0 Å². The van der Waals surface area contributed by atoms with Crippen molar-refractivity contribution in [1.82, 2.24) is 5.43 Å². The Bertz CT molecular complexity index is 1240. The summed E-state index contributed by atoms with van der Waals surface area (Å²) in [5.74, 6) is 0.538. The van der Waals surface area contributed by atoms with Gasteiger partial charge in [0.1, 0.15) is 16.4 Å². The summed E-state index contributed by atoms with van der Waals surface area (Å²) in [4.78, 5) is 23.0. The predicted molar refractivity (Wildman–Crippen MR) is 113 cm³/mol. The second-order valence-electron chi connectivity index (χ2n) is 5.95. The molecule has 0 unspecified atom stereocenters. The van der Waals surface area contributed by atoms with E-state index < -0.39 is 10.8 Å². The number of nitrogens with zero attached hydrogens (tertiary/aromatic N) is 2. The number of non-ortho nitro benzene ring substituents is 1. The van der Waals surface area contributed by atoms with Crippen molar-refractivity contribution >= 4 is 50.8 Å². The van der Waals surface area contributed by atoms with E-state index >= 15 is 0 Å². The maximum Gasteiger partial charge on any atom is 0.283 e. The summed E-state index contributed by atoms with van der Waals surface area (Å²) in [6.07, 6.45) is 1.37. The molecule has 4 rings (SSSR count). The van der Waals surface area contributed by atoms with E-state index in [-0.39, 0.29) is 5.69 Å². The lowest BCUT2D eigenvalue weighted by Crippen LogP contribution is -2.16. The zero-order chi connectivity index (χ0) is 20.4. The molecule has 7 nitrogen and oxygen atoms in total. The number of hydrazone groups is 1. The molecule has 9 heteroatoms. The van der Waals surface area contributed by atoms with Gasteiger partial charge < -0.3 is 4.42 Å². The number of nitro benzene ring substituents is 1. The first-order chi connectivity index (χ1) is 14.0. The maximum absolute atomic E-state index is 12.4. The lowest BCUT2D eigenvalue weighted by atomic mass is 10.1. The molecular weight excluding hydrogens is 414 g/mol. The molecule has 0 aliphatic carbocycles. The minimum atomic E-state index is -0.463. The zero-order valence-electron chi connectivity index (χ0n) is 14.7. The molecule has 2 aromatic carbocycles. The molecule has 0 saturated heterocycles. The van der Waals surface area contributed by atoms with E-state index in [4.69, 9.17) is 16.0 Å². The van der Waals surface area contributed by atoms with Crippen LogP contribution in [0.4, 0.5) is 5.69 Å². The number of carbonyl (C=O) groups excluding carboxylic acids is 1. The van der Waals surface area contributed by atoms with Gasteiger partial charge in [-0.2, -0.15) is 5.10 Å². The number of carbonyl (C=O) groups is 1. The summed E-state index contributed by atoms with van der Waals surface area (Å²) in [6.45, 7) is 0. The summed E-state index contributed by atoms with van der Waals surface area (Å²) in [6, 6.07) is 16.9. The molecule has 0 fully saturated rings. The number of amides is 1. The molecule has 4 aromatic rings. The third kappa shape index (κ3) is 3.89. The van der Waals surface area contributed by atoms with E-state index in [1.54, 1.807) is 24.3 Å². The highest BCUT2D eigenvalue weighted by atomic mass is 35.5. The molecule has 29 heavy (non-hydrogen) atoms. The minimum Gasteiger partial charge on any atom is -0.455 e. The van der Waals surface area contributed by atoms with Gasteiger partial charge in [0.15, 0.2) is 0 Å². The zero-order valence-corrected chi connectivity index (χ0v) is 16.2. The average Bonchev–Trinajstić information content (AvgIpc) is 3.33. The molecule has 1 N–H and O–H groups in total. The number of benzene rings is 2. The highest BCUT2D eigenvalue weighted by molar-refractivity contribution is 7.21. The molecule has 0 saturated carbocycles. The van der Waals surface area contributed by atoms with Crippen molar-refractivity contribution in [3.63, 3.8) is 0 Å². The number of nitrogens with one attached hydrogen (secondary N) is 1. The van der Waals surface area contributed by atoms with Crippen LogP contribution in [0.1, 0.15) is 15.4 Å². The van der Waals surface area contributed by atoms with Gasteiger partial charge >= 0.3 is 0 Å². The SMILES string of the molecule is O=C(N/N=C/c1ccc(-c2ccc([N+](=O)[O-])cc2)o1)c1sc2ccccc2c1Cl. The Morgan fingerprint density at radius 2 is 1.90 bits per heavy atom. The van der Waals surface area contributed by atoms with Gasteiger partial charge in [0, 0.05) is 27.8 Å². The Kier molecular flexibility index (Phi) is 5.11. The van der Waals surface area contributed by atoms with Crippen molar-refractivity contribution < 1.29 is 14.1 Å².